The average Bonchev–Trinajstić information content (AvgIpc) is 3.85. The first-order valence-electron chi connectivity index (χ1n) is 22.7. The molecule has 0 spiro atoms. The van der Waals surface area contributed by atoms with Crippen molar-refractivity contribution < 1.29 is 37.5 Å². The van der Waals surface area contributed by atoms with E-state index in [1.807, 2.05) is 18.2 Å². The molecule has 6 heteroatoms. The van der Waals surface area contributed by atoms with E-state index < -0.39 is 13.7 Å². The summed E-state index contributed by atoms with van der Waals surface area (Å²) in [5, 5.41) is 2.05. The van der Waals surface area contributed by atoms with Crippen molar-refractivity contribution >= 4 is 33.0 Å². The number of hydrogen-bond donors (Lipinski definition) is 0. The zero-order valence-electron chi connectivity index (χ0n) is 39.8. The Balaban J connectivity index is 0.000000232. The van der Waals surface area contributed by atoms with Crippen LogP contribution in [0.5, 0.6) is 11.5 Å². The maximum Gasteiger partial charge on any atom is 0.173 e. The van der Waals surface area contributed by atoms with Crippen molar-refractivity contribution in [3.63, 3.8) is 0 Å². The number of nitrogens with zero attached hydrogens (tertiary/aromatic N) is 3. The third kappa shape index (κ3) is 6.98. The smallest absolute Gasteiger partial charge is 0.173 e. The second kappa shape index (κ2) is 15.7. The van der Waals surface area contributed by atoms with Crippen molar-refractivity contribution in [2.45, 2.75) is 72.5 Å². The van der Waals surface area contributed by atoms with E-state index in [0.717, 1.165) is 61.4 Å². The van der Waals surface area contributed by atoms with Gasteiger partial charge < -0.3 is 18.7 Å². The minimum atomic E-state index is -2.18. The molecule has 5 nitrogen and oxygen atoms in total. The fourth-order valence-electron chi connectivity index (χ4n) is 8.19. The van der Waals surface area contributed by atoms with E-state index >= 15 is 0 Å². The molecule has 0 amide bonds. The van der Waals surface area contributed by atoms with E-state index in [0.29, 0.717) is 23.1 Å². The van der Waals surface area contributed by atoms with Gasteiger partial charge in [0.1, 0.15) is 5.75 Å². The number of furan rings is 1. The second-order valence-corrected chi connectivity index (χ2v) is 16.0. The molecule has 6 aromatic carbocycles. The van der Waals surface area contributed by atoms with Gasteiger partial charge in [-0.1, -0.05) is 132 Å². The molecular weight excluding hydrogens is 903 g/mol. The molecule has 9 aromatic rings. The number of imidazole rings is 1. The largest absolute Gasteiger partial charge is 0.497 e. The van der Waals surface area contributed by atoms with Crippen molar-refractivity contribution in [3.05, 3.63) is 173 Å². The Labute approximate surface area is 368 Å². The quantitative estimate of drug-likeness (QED) is 0.161. The molecule has 0 saturated carbocycles. The van der Waals surface area contributed by atoms with Crippen LogP contribution in [0.25, 0.3) is 61.3 Å². The monoisotopic (exact) mass is 956 g/mol. The fourth-order valence-corrected chi connectivity index (χ4v) is 8.19. The van der Waals surface area contributed by atoms with E-state index in [4.69, 9.17) is 22.4 Å². The van der Waals surface area contributed by atoms with Crippen molar-refractivity contribution in [2.75, 3.05) is 0 Å². The first-order chi connectivity index (χ1) is 30.4. The maximum absolute atomic E-state index is 7.28. The van der Waals surface area contributed by atoms with Crippen LogP contribution >= 0.6 is 0 Å². The summed E-state index contributed by atoms with van der Waals surface area (Å²) in [5.41, 5.74) is 11.8. The third-order valence-corrected chi connectivity index (χ3v) is 11.2. The Kier molecular flexibility index (Phi) is 8.83. The molecule has 1 radical (unpaired) electrons. The predicted octanol–water partition coefficient (Wildman–Crippen LogP) is 14.2. The number of hydrogen-bond acceptors (Lipinski definition) is 4. The number of benzene rings is 6. The molecule has 0 unspecified atom stereocenters. The molecule has 10 rings (SSSR count). The molecule has 59 heavy (non-hydrogen) atoms. The molecule has 3 aromatic heterocycles. The zero-order chi connectivity index (χ0) is 45.3. The number of pyridine rings is 1. The number of ether oxygens (including phenoxy) is 1. The Morgan fingerprint density at radius 3 is 2.15 bits per heavy atom. The molecule has 0 fully saturated rings. The second-order valence-electron chi connectivity index (χ2n) is 16.0. The summed E-state index contributed by atoms with van der Waals surface area (Å²) in [5.74, 6) is 3.15. The molecule has 0 saturated heterocycles. The molecule has 0 aliphatic carbocycles. The number of rotatable bonds is 5. The first-order valence-corrected chi connectivity index (χ1v) is 19.7. The van der Waals surface area contributed by atoms with Crippen LogP contribution in [0.15, 0.2) is 132 Å². The summed E-state index contributed by atoms with van der Waals surface area (Å²) < 4.78 is 59.5. The Morgan fingerprint density at radius 2 is 1.44 bits per heavy atom. The summed E-state index contributed by atoms with van der Waals surface area (Å²) in [6, 6.07) is 45.8. The summed E-state index contributed by atoms with van der Waals surface area (Å²) >= 11 is 0. The Morgan fingerprint density at radius 1 is 0.712 bits per heavy atom. The molecule has 1 aliphatic heterocycles. The van der Waals surface area contributed by atoms with E-state index in [1.165, 1.54) is 46.8 Å². The zero-order valence-corrected chi connectivity index (χ0v) is 36.2. The predicted molar refractivity (Wildman–Crippen MR) is 237 cm³/mol. The van der Waals surface area contributed by atoms with Crippen LogP contribution < -0.4 is 4.74 Å². The Hall–Kier alpha value is -5.81. The summed E-state index contributed by atoms with van der Waals surface area (Å²) in [6.07, 6.45) is 1.30. The molecule has 297 valence electrons. The van der Waals surface area contributed by atoms with Crippen LogP contribution in [-0.2, 0) is 25.5 Å². The van der Waals surface area contributed by atoms with Crippen molar-refractivity contribution in [1.82, 2.24) is 14.5 Å². The molecule has 0 bridgehead atoms. The van der Waals surface area contributed by atoms with Crippen molar-refractivity contribution in [3.8, 4) is 39.8 Å². The molecule has 4 heterocycles. The topological polar surface area (TPSA) is 53.1 Å². The molecule has 1 aliphatic rings. The van der Waals surface area contributed by atoms with Gasteiger partial charge in [0.15, 0.2) is 11.3 Å². The van der Waals surface area contributed by atoms with E-state index in [-0.39, 0.29) is 36.6 Å². The number of fused-ring (bicyclic) bond motifs is 7. The average molecular weight is 956 g/mol. The fraction of sp³-hybridized carbons (Fsp3) is 0.208. The van der Waals surface area contributed by atoms with Gasteiger partial charge in [-0.05, 0) is 59.3 Å². The number of para-hydroxylation sites is 4. The number of aryl methyl sites for hydroxylation is 2. The van der Waals surface area contributed by atoms with Crippen LogP contribution in [0, 0.1) is 25.8 Å². The van der Waals surface area contributed by atoms with Gasteiger partial charge in [-0.3, -0.25) is 4.98 Å². The van der Waals surface area contributed by atoms with Gasteiger partial charge in [-0.15, -0.1) is 53.6 Å². The molecule has 0 N–H and O–H groups in total. The normalized spacial score (nSPS) is 14.8. The molecular formula is C53H47IrN3O2-2. The van der Waals surface area contributed by atoms with Gasteiger partial charge in [0, 0.05) is 62.1 Å². The van der Waals surface area contributed by atoms with Crippen LogP contribution in [0.3, 0.4) is 0 Å². The van der Waals surface area contributed by atoms with Crippen LogP contribution in [0.1, 0.15) is 95.0 Å². The summed E-state index contributed by atoms with van der Waals surface area (Å²) in [6.45, 7) is 9.21. The first kappa shape index (κ1) is 33.1. The maximum atomic E-state index is 7.28. The summed E-state index contributed by atoms with van der Waals surface area (Å²) in [4.78, 5) is 9.34. The van der Waals surface area contributed by atoms with Crippen LogP contribution in [0.2, 0.25) is 0 Å². The van der Waals surface area contributed by atoms with Crippen LogP contribution in [-0.4, -0.2) is 14.5 Å². The van der Waals surface area contributed by atoms with Crippen LogP contribution in [0.4, 0.5) is 0 Å². The van der Waals surface area contributed by atoms with Gasteiger partial charge >= 0.3 is 0 Å². The van der Waals surface area contributed by atoms with Gasteiger partial charge in [0.25, 0.3) is 0 Å². The number of aromatic nitrogens is 3. The van der Waals surface area contributed by atoms with E-state index in [1.54, 1.807) is 12.1 Å². The minimum absolute atomic E-state index is 0. The van der Waals surface area contributed by atoms with Crippen molar-refractivity contribution in [2.24, 2.45) is 0 Å². The third-order valence-electron chi connectivity index (χ3n) is 11.2. The minimum Gasteiger partial charge on any atom is -0.497 e. The van der Waals surface area contributed by atoms with Crippen molar-refractivity contribution in [1.29, 1.82) is 0 Å². The van der Waals surface area contributed by atoms with Gasteiger partial charge in [-0.25, -0.2) is 0 Å². The summed E-state index contributed by atoms with van der Waals surface area (Å²) in [7, 11) is 0. The van der Waals surface area contributed by atoms with E-state index in [9.17, 15) is 0 Å². The standard InChI is InChI=1S/C40H35N2O2.C13H12N.Ir/c1-23(2)25-13-11-14-26(24(3)4)35(25)42-33-19-9-8-18-32(33)41-39(42)29-16-12-15-27-28-21-22-31-38(37(28)44-36(27)29)43-34-20-10-7-17-30(34)40(31,5)6;1-10-3-6-12(7-4-10)13-8-5-11(2)9-14-13;/h7-15,17-24H,1-6H3;3-6,8-9H,1-2H3;/q2*-1;/i;1D3,2D3;. The SMILES string of the molecule is CC(C)c1cccc(C(C)C)c1-n1c(-c2[c-]ccc3c2oc2c4c(ccc23)C(C)(C)c2ccccc2O4)nc2ccccc21.[2H]C([2H])([2H])c1c[c-]c(-c2ccc(C([2H])([2H])[2H])cn2)cc1.[Ir]. The van der Waals surface area contributed by atoms with Gasteiger partial charge in [-0.2, -0.15) is 0 Å². The van der Waals surface area contributed by atoms with Gasteiger partial charge in [0.05, 0.1) is 22.4 Å². The Bertz CT molecular complexity index is 3120. The van der Waals surface area contributed by atoms with E-state index in [2.05, 4.69) is 136 Å². The van der Waals surface area contributed by atoms with Gasteiger partial charge in [0.2, 0.25) is 0 Å². The molecule has 0 atom stereocenters.